The second-order valence-electron chi connectivity index (χ2n) is 3.98. The molecule has 20 heavy (non-hydrogen) atoms. The third-order valence-corrected chi connectivity index (χ3v) is 2.76. The van der Waals surface area contributed by atoms with Gasteiger partial charge in [0.2, 0.25) is 5.88 Å². The Kier molecular flexibility index (Phi) is 7.60. The van der Waals surface area contributed by atoms with Crippen molar-refractivity contribution in [2.45, 2.75) is 33.0 Å². The molecule has 0 radical (unpaired) electrons. The Morgan fingerprint density at radius 2 is 1.95 bits per heavy atom. The molecule has 0 aromatic carbocycles. The van der Waals surface area contributed by atoms with E-state index in [0.717, 1.165) is 19.1 Å². The minimum Gasteiger partial charge on any atom is -0.449 e. The van der Waals surface area contributed by atoms with Crippen LogP contribution in [0, 0.1) is 5.92 Å². The van der Waals surface area contributed by atoms with Crippen LogP contribution in [0.2, 0.25) is 0 Å². The summed E-state index contributed by atoms with van der Waals surface area (Å²) >= 11 is 0. The lowest BCUT2D eigenvalue weighted by atomic mass is 10.1. The zero-order chi connectivity index (χ0) is 14.8. The monoisotopic (exact) mass is 283 g/mol. The number of nitrogens with zero attached hydrogens (tertiary/aromatic N) is 1. The Labute approximate surface area is 118 Å². The van der Waals surface area contributed by atoms with Crippen LogP contribution in [0.3, 0.4) is 0 Å². The van der Waals surface area contributed by atoms with Crippen LogP contribution in [0.1, 0.15) is 26.7 Å². The number of hydrogen-bond donors (Lipinski definition) is 1. The van der Waals surface area contributed by atoms with Gasteiger partial charge in [0.05, 0.1) is 13.2 Å². The van der Waals surface area contributed by atoms with Gasteiger partial charge in [-0.25, -0.2) is 9.78 Å². The second-order valence-corrected chi connectivity index (χ2v) is 3.98. The van der Waals surface area contributed by atoms with E-state index in [1.165, 1.54) is 25.1 Å². The molecule has 1 aromatic rings. The molecule has 0 aliphatic carbocycles. The van der Waals surface area contributed by atoms with Gasteiger partial charge in [0.15, 0.2) is 6.29 Å². The summed E-state index contributed by atoms with van der Waals surface area (Å²) in [5, 5.41) is 8.10. The molecule has 0 amide bonds. The van der Waals surface area contributed by atoms with Gasteiger partial charge < -0.3 is 19.3 Å². The second kappa shape index (κ2) is 9.28. The van der Waals surface area contributed by atoms with E-state index >= 15 is 0 Å². The highest BCUT2D eigenvalue weighted by Crippen LogP contribution is 2.30. The lowest BCUT2D eigenvalue weighted by Gasteiger charge is -2.03. The average molecular weight is 283 g/mol. The molecule has 1 N–H and O–H groups in total. The van der Waals surface area contributed by atoms with Gasteiger partial charge in [-0.05, 0) is 18.9 Å². The maximum Gasteiger partial charge on any atom is 0.512 e. The van der Waals surface area contributed by atoms with Crippen molar-refractivity contribution in [3.8, 4) is 5.88 Å². The fraction of sp³-hybridized carbons (Fsp3) is 0.571. The van der Waals surface area contributed by atoms with E-state index < -0.39 is 6.16 Å². The molecule has 0 bridgehead atoms. The van der Waals surface area contributed by atoms with Crippen LogP contribution >= 0.6 is 0 Å². The topological polar surface area (TPSA) is 77.9 Å². The van der Waals surface area contributed by atoms with Gasteiger partial charge in [-0.2, -0.15) is 0 Å². The Bertz CT molecular complexity index is 364. The van der Waals surface area contributed by atoms with Gasteiger partial charge in [-0.1, -0.05) is 19.9 Å². The molecular weight excluding hydrogens is 262 g/mol. The molecule has 6 heteroatoms. The molecule has 3 rings (SSSR count). The number of carbonyl (C=O) groups is 1. The van der Waals surface area contributed by atoms with Crippen molar-refractivity contribution in [2.24, 2.45) is 5.92 Å². The zero-order valence-electron chi connectivity index (χ0n) is 11.8. The molecule has 2 aliphatic rings. The van der Waals surface area contributed by atoms with Crippen LogP contribution < -0.4 is 4.74 Å². The van der Waals surface area contributed by atoms with Crippen molar-refractivity contribution >= 4 is 6.16 Å². The zero-order valence-corrected chi connectivity index (χ0v) is 11.8. The number of hydrogen-bond acceptors (Lipinski definition) is 5. The van der Waals surface area contributed by atoms with Crippen LogP contribution in [0.5, 0.6) is 5.88 Å². The largest absolute Gasteiger partial charge is 0.512 e. The third kappa shape index (κ3) is 5.54. The highest BCUT2D eigenvalue weighted by Gasteiger charge is 2.33. The molecule has 2 saturated heterocycles. The van der Waals surface area contributed by atoms with E-state index in [1.807, 2.05) is 13.8 Å². The summed E-state index contributed by atoms with van der Waals surface area (Å²) in [5.41, 5.74) is 0. The minimum absolute atomic E-state index is 0.0926. The van der Waals surface area contributed by atoms with E-state index in [9.17, 15) is 4.79 Å². The van der Waals surface area contributed by atoms with Gasteiger partial charge in [0, 0.05) is 18.2 Å². The maximum absolute atomic E-state index is 9.91. The van der Waals surface area contributed by atoms with Gasteiger partial charge in [-0.3, -0.25) is 0 Å². The van der Waals surface area contributed by atoms with Gasteiger partial charge in [0.1, 0.15) is 0 Å². The summed E-state index contributed by atoms with van der Waals surface area (Å²) in [6.07, 6.45) is 2.71. The van der Waals surface area contributed by atoms with E-state index in [4.69, 9.17) is 14.6 Å². The number of carboxylic acid groups (broad SMARTS) is 1. The van der Waals surface area contributed by atoms with Crippen LogP contribution in [-0.2, 0) is 9.47 Å². The summed E-state index contributed by atoms with van der Waals surface area (Å²) < 4.78 is 14.7. The summed E-state index contributed by atoms with van der Waals surface area (Å²) in [6.45, 7) is 5.82. The quantitative estimate of drug-likeness (QED) is 0.798. The molecule has 1 aromatic heterocycles. The number of fused-ring (bicyclic) bond motifs is 1. The molecule has 0 spiro atoms. The first kappa shape index (κ1) is 16.4. The summed E-state index contributed by atoms with van der Waals surface area (Å²) in [7, 11) is 0. The van der Waals surface area contributed by atoms with Gasteiger partial charge >= 0.3 is 6.16 Å². The number of rotatable bonds is 1. The standard InChI is InChI=1S/C6H5NO3.C6H10O2.C2H6/c8-6(9)10-5-3-1-2-4-7-5;1-3-7-6-5(1)2-4-8-6;1-2/h1-4H,(H,8,9);5-6H,1-4H2;1-2H3. The number of pyridine rings is 1. The predicted molar refractivity (Wildman–Crippen MR) is 72.7 cm³/mol. The molecule has 2 fully saturated rings. The molecule has 3 heterocycles. The van der Waals surface area contributed by atoms with Crippen LogP contribution in [-0.4, -0.2) is 35.7 Å². The third-order valence-electron chi connectivity index (χ3n) is 2.76. The first-order valence-corrected chi connectivity index (χ1v) is 6.81. The predicted octanol–water partition coefficient (Wildman–Crippen LogP) is 2.93. The summed E-state index contributed by atoms with van der Waals surface area (Å²) in [5.74, 6) is 0.824. The van der Waals surface area contributed by atoms with Crippen molar-refractivity contribution in [3.63, 3.8) is 0 Å². The number of ether oxygens (including phenoxy) is 3. The van der Waals surface area contributed by atoms with Crippen molar-refractivity contribution < 1.29 is 24.1 Å². The van der Waals surface area contributed by atoms with Gasteiger partial charge in [0.25, 0.3) is 0 Å². The van der Waals surface area contributed by atoms with Gasteiger partial charge in [-0.15, -0.1) is 0 Å². The molecule has 0 atom stereocenters. The van der Waals surface area contributed by atoms with Crippen molar-refractivity contribution in [1.82, 2.24) is 4.98 Å². The molecule has 2 aliphatic heterocycles. The maximum atomic E-state index is 9.91. The fourth-order valence-corrected chi connectivity index (χ4v) is 1.90. The Hall–Kier alpha value is -1.66. The fourth-order valence-electron chi connectivity index (χ4n) is 1.90. The van der Waals surface area contributed by atoms with E-state index in [-0.39, 0.29) is 12.2 Å². The molecule has 0 saturated carbocycles. The van der Waals surface area contributed by atoms with Crippen LogP contribution in [0.15, 0.2) is 24.4 Å². The van der Waals surface area contributed by atoms with Crippen molar-refractivity contribution in [2.75, 3.05) is 13.2 Å². The van der Waals surface area contributed by atoms with E-state index in [2.05, 4.69) is 9.72 Å². The van der Waals surface area contributed by atoms with Crippen LogP contribution in [0.4, 0.5) is 4.79 Å². The first-order valence-electron chi connectivity index (χ1n) is 6.81. The van der Waals surface area contributed by atoms with Crippen molar-refractivity contribution in [3.05, 3.63) is 24.4 Å². The smallest absolute Gasteiger partial charge is 0.449 e. The highest BCUT2D eigenvalue weighted by molar-refractivity contribution is 5.60. The molecule has 112 valence electrons. The Morgan fingerprint density at radius 3 is 2.40 bits per heavy atom. The average Bonchev–Trinajstić information content (AvgIpc) is 3.05. The lowest BCUT2D eigenvalue weighted by Crippen LogP contribution is -2.08. The normalized spacial score (nSPS) is 22.7. The lowest BCUT2D eigenvalue weighted by molar-refractivity contribution is -0.0904. The minimum atomic E-state index is -1.35. The number of aromatic nitrogens is 1. The van der Waals surface area contributed by atoms with E-state index in [0.29, 0.717) is 0 Å². The Balaban J connectivity index is 0.000000181. The van der Waals surface area contributed by atoms with Crippen molar-refractivity contribution in [1.29, 1.82) is 0 Å². The highest BCUT2D eigenvalue weighted by atomic mass is 16.7. The van der Waals surface area contributed by atoms with E-state index in [1.54, 1.807) is 12.1 Å². The molecule has 6 nitrogen and oxygen atoms in total. The molecule has 0 unspecified atom stereocenters. The summed E-state index contributed by atoms with van der Waals surface area (Å²) in [6, 6.07) is 4.79. The van der Waals surface area contributed by atoms with Crippen LogP contribution in [0.25, 0.3) is 0 Å². The SMILES string of the molecule is C1CC2CCOC2O1.CC.O=C(O)Oc1ccccn1. The Morgan fingerprint density at radius 1 is 1.30 bits per heavy atom. The first-order chi connectivity index (χ1) is 9.75. The molecular formula is C14H21NO5. The summed E-state index contributed by atoms with van der Waals surface area (Å²) in [4.78, 5) is 13.5.